The van der Waals surface area contributed by atoms with E-state index in [9.17, 15) is 0 Å². The predicted octanol–water partition coefficient (Wildman–Crippen LogP) is 6.32. The Hall–Kier alpha value is -4.48. The van der Waals surface area contributed by atoms with Gasteiger partial charge in [-0.25, -0.2) is 13.7 Å². The quantitative estimate of drug-likeness (QED) is 0.141. The van der Waals surface area contributed by atoms with Gasteiger partial charge in [-0.15, -0.1) is 0 Å². The molecular formula is C36H32BrN4+3. The second kappa shape index (κ2) is 12.8. The molecule has 4 nitrogen and oxygen atoms in total. The molecule has 0 bridgehead atoms. The van der Waals surface area contributed by atoms with Crippen LogP contribution in [0.1, 0.15) is 22.3 Å². The van der Waals surface area contributed by atoms with E-state index in [2.05, 4.69) is 157 Å². The lowest BCUT2D eigenvalue weighted by Gasteiger charge is -2.04. The summed E-state index contributed by atoms with van der Waals surface area (Å²) in [5, 5.41) is 0.891. The van der Waals surface area contributed by atoms with E-state index >= 15 is 0 Å². The van der Waals surface area contributed by atoms with Gasteiger partial charge in [-0.3, -0.25) is 4.98 Å². The maximum absolute atomic E-state index is 4.10. The molecule has 0 saturated carbocycles. The Morgan fingerprint density at radius 2 is 0.683 bits per heavy atom. The molecule has 2 aromatic carbocycles. The number of pyridine rings is 4. The van der Waals surface area contributed by atoms with Crippen molar-refractivity contribution in [3.63, 3.8) is 0 Å². The van der Waals surface area contributed by atoms with E-state index in [4.69, 9.17) is 0 Å². The number of hydrogen-bond donors (Lipinski definition) is 0. The Morgan fingerprint density at radius 1 is 0.390 bits per heavy atom. The van der Waals surface area contributed by atoms with Crippen LogP contribution in [-0.4, -0.2) is 4.98 Å². The molecule has 0 aliphatic rings. The molecular weight excluding hydrogens is 568 g/mol. The highest BCUT2D eigenvalue weighted by molar-refractivity contribution is 9.08. The molecule has 0 unspecified atom stereocenters. The van der Waals surface area contributed by atoms with Crippen molar-refractivity contribution >= 4 is 15.9 Å². The van der Waals surface area contributed by atoms with Crippen LogP contribution < -0.4 is 13.7 Å². The van der Waals surface area contributed by atoms with Crippen LogP contribution in [0.3, 0.4) is 0 Å². The van der Waals surface area contributed by atoms with E-state index in [-0.39, 0.29) is 0 Å². The first-order valence-corrected chi connectivity index (χ1v) is 14.9. The average molecular weight is 601 g/mol. The summed E-state index contributed by atoms with van der Waals surface area (Å²) < 4.78 is 6.65. The number of benzene rings is 2. The summed E-state index contributed by atoms with van der Waals surface area (Å²) in [5.41, 5.74) is 9.99. The van der Waals surface area contributed by atoms with Crippen LogP contribution >= 0.6 is 15.9 Å². The van der Waals surface area contributed by atoms with E-state index < -0.39 is 0 Å². The molecule has 0 aliphatic carbocycles. The Balaban J connectivity index is 1.04. The molecule has 0 atom stereocenters. The van der Waals surface area contributed by atoms with Crippen LogP contribution in [0.15, 0.2) is 147 Å². The molecule has 0 amide bonds. The second-order valence-corrected chi connectivity index (χ2v) is 10.8. The first kappa shape index (κ1) is 26.7. The van der Waals surface area contributed by atoms with Gasteiger partial charge in [-0.05, 0) is 39.9 Å². The zero-order valence-electron chi connectivity index (χ0n) is 22.9. The van der Waals surface area contributed by atoms with Crippen LogP contribution in [0.4, 0.5) is 0 Å². The van der Waals surface area contributed by atoms with Crippen molar-refractivity contribution in [2.75, 3.05) is 0 Å². The Morgan fingerprint density at radius 3 is 1.00 bits per heavy atom. The van der Waals surface area contributed by atoms with Gasteiger partial charge in [-0.2, -0.15) is 0 Å². The molecule has 4 heterocycles. The highest BCUT2D eigenvalue weighted by atomic mass is 79.9. The van der Waals surface area contributed by atoms with Crippen LogP contribution in [0.25, 0.3) is 22.3 Å². The highest BCUT2D eigenvalue weighted by Gasteiger charge is 2.09. The fourth-order valence-electron chi connectivity index (χ4n) is 4.93. The Labute approximate surface area is 250 Å². The molecule has 6 rings (SSSR count). The predicted molar refractivity (Wildman–Crippen MR) is 165 cm³/mol. The van der Waals surface area contributed by atoms with Crippen LogP contribution in [0.2, 0.25) is 0 Å². The number of hydrogen-bond acceptors (Lipinski definition) is 1. The van der Waals surface area contributed by atoms with Crippen LogP contribution in [0.5, 0.6) is 0 Å². The van der Waals surface area contributed by atoms with Crippen molar-refractivity contribution in [3.8, 4) is 22.3 Å². The van der Waals surface area contributed by atoms with E-state index in [0.717, 1.165) is 25.0 Å². The number of rotatable bonds is 9. The zero-order valence-corrected chi connectivity index (χ0v) is 24.4. The minimum absolute atomic E-state index is 0.844. The van der Waals surface area contributed by atoms with E-state index in [1.165, 1.54) is 44.5 Å². The van der Waals surface area contributed by atoms with Crippen LogP contribution in [-0.2, 0) is 25.0 Å². The van der Waals surface area contributed by atoms with Gasteiger partial charge in [0.05, 0.1) is 0 Å². The summed E-state index contributed by atoms with van der Waals surface area (Å²) in [5.74, 6) is 0. The van der Waals surface area contributed by atoms with Gasteiger partial charge < -0.3 is 0 Å². The van der Waals surface area contributed by atoms with Gasteiger partial charge in [0.1, 0.15) is 0 Å². The summed E-state index contributed by atoms with van der Waals surface area (Å²) >= 11 is 3.51. The standard InChI is InChI=1S/C36H32BrN4/c37-25-29-1-3-30(4-2-29)26-40-21-13-35(14-22-40)36-15-23-41(24-16-36)28-32-7-5-31(6-8-32)27-39-19-11-34(12-20-39)33-9-17-38-18-10-33/h1-24H,25-28H2/q+3. The van der Waals surface area contributed by atoms with E-state index in [1.807, 2.05) is 24.5 Å². The van der Waals surface area contributed by atoms with E-state index in [1.54, 1.807) is 0 Å². The molecule has 4 aromatic heterocycles. The van der Waals surface area contributed by atoms with E-state index in [0.29, 0.717) is 0 Å². The molecule has 0 fully saturated rings. The summed E-state index contributed by atoms with van der Waals surface area (Å²) in [7, 11) is 0. The topological polar surface area (TPSA) is 24.5 Å². The summed E-state index contributed by atoms with van der Waals surface area (Å²) in [6, 6.07) is 34.8. The lowest BCUT2D eigenvalue weighted by molar-refractivity contribution is -0.688. The third-order valence-corrected chi connectivity index (χ3v) is 7.96. The van der Waals surface area contributed by atoms with Crippen molar-refractivity contribution in [1.29, 1.82) is 0 Å². The molecule has 0 aliphatic heterocycles. The van der Waals surface area contributed by atoms with Gasteiger partial charge >= 0.3 is 0 Å². The molecule has 41 heavy (non-hydrogen) atoms. The normalized spacial score (nSPS) is 11.0. The SMILES string of the molecule is BrCc1ccc(C[n+]2ccc(-c3cc[n+](Cc4ccc(C[n+]5ccc(-c6ccncc6)cc5)cc4)cc3)cc2)cc1. The third kappa shape index (κ3) is 7.00. The molecule has 6 aromatic rings. The Kier molecular flexibility index (Phi) is 8.34. The third-order valence-electron chi connectivity index (χ3n) is 7.32. The maximum Gasteiger partial charge on any atom is 0.173 e. The zero-order chi connectivity index (χ0) is 27.9. The Bertz CT molecular complexity index is 1680. The molecule has 0 saturated heterocycles. The monoisotopic (exact) mass is 599 g/mol. The minimum Gasteiger partial charge on any atom is -0.265 e. The smallest absolute Gasteiger partial charge is 0.173 e. The molecule has 5 heteroatoms. The first-order chi connectivity index (χ1) is 20.2. The summed E-state index contributed by atoms with van der Waals surface area (Å²) in [4.78, 5) is 4.10. The fraction of sp³-hybridized carbons (Fsp3) is 0.111. The van der Waals surface area contributed by atoms with Crippen molar-refractivity contribution in [2.24, 2.45) is 0 Å². The number of halogens is 1. The summed E-state index contributed by atoms with van der Waals surface area (Å²) in [6.45, 7) is 2.56. The highest BCUT2D eigenvalue weighted by Crippen LogP contribution is 2.17. The fourth-order valence-corrected chi connectivity index (χ4v) is 5.30. The largest absolute Gasteiger partial charge is 0.265 e. The van der Waals surface area contributed by atoms with Crippen molar-refractivity contribution in [2.45, 2.75) is 25.0 Å². The lowest BCUT2D eigenvalue weighted by Crippen LogP contribution is -2.34. The van der Waals surface area contributed by atoms with Gasteiger partial charge in [0.2, 0.25) is 0 Å². The molecule has 0 spiro atoms. The summed E-state index contributed by atoms with van der Waals surface area (Å²) in [6.07, 6.45) is 16.6. The second-order valence-electron chi connectivity index (χ2n) is 10.3. The van der Waals surface area contributed by atoms with Crippen LogP contribution in [0, 0.1) is 0 Å². The average Bonchev–Trinajstić information content (AvgIpc) is 3.04. The van der Waals surface area contributed by atoms with Gasteiger partial charge in [0.25, 0.3) is 0 Å². The minimum atomic E-state index is 0.844. The van der Waals surface area contributed by atoms with Crippen molar-refractivity contribution in [3.05, 3.63) is 169 Å². The number of nitrogens with zero attached hydrogens (tertiary/aromatic N) is 4. The maximum atomic E-state index is 4.10. The van der Waals surface area contributed by atoms with Crippen molar-refractivity contribution < 1.29 is 13.7 Å². The molecule has 0 radical (unpaired) electrons. The molecule has 200 valence electrons. The molecule has 0 N–H and O–H groups in total. The van der Waals surface area contributed by atoms with Gasteiger partial charge in [0, 0.05) is 70.8 Å². The van der Waals surface area contributed by atoms with Gasteiger partial charge in [-0.1, -0.05) is 64.5 Å². The first-order valence-electron chi connectivity index (χ1n) is 13.8. The number of alkyl halides is 1. The lowest BCUT2D eigenvalue weighted by atomic mass is 10.1. The number of aromatic nitrogens is 4. The van der Waals surface area contributed by atoms with Crippen molar-refractivity contribution in [1.82, 2.24) is 4.98 Å². The van der Waals surface area contributed by atoms with Gasteiger partial charge in [0.15, 0.2) is 56.8 Å².